The predicted octanol–water partition coefficient (Wildman–Crippen LogP) is 1.00. The molecule has 1 atom stereocenters. The Hall–Kier alpha value is -1.30. The maximum Gasteiger partial charge on any atom is 0.408 e. The number of carboxylic acid groups (broad SMARTS) is 1. The molecule has 1 unspecified atom stereocenters. The van der Waals surface area contributed by atoms with Gasteiger partial charge in [-0.15, -0.1) is 0 Å². The van der Waals surface area contributed by atoms with Crippen molar-refractivity contribution in [3.8, 4) is 0 Å². The van der Waals surface area contributed by atoms with Crippen molar-refractivity contribution in [2.45, 2.75) is 38.8 Å². The van der Waals surface area contributed by atoms with E-state index in [2.05, 4.69) is 5.32 Å². The minimum atomic E-state index is -1.11. The highest BCUT2D eigenvalue weighted by Gasteiger charge is 2.23. The van der Waals surface area contributed by atoms with Crippen LogP contribution in [0.1, 0.15) is 27.2 Å². The van der Waals surface area contributed by atoms with E-state index >= 15 is 0 Å². The highest BCUT2D eigenvalue weighted by Crippen LogP contribution is 2.07. The summed E-state index contributed by atoms with van der Waals surface area (Å²) in [6, 6.07) is -0.991. The van der Waals surface area contributed by atoms with Gasteiger partial charge < -0.3 is 19.9 Å². The Morgan fingerprint density at radius 1 is 1.38 bits per heavy atom. The van der Waals surface area contributed by atoms with Gasteiger partial charge in [-0.25, -0.2) is 9.59 Å². The molecule has 0 aromatic carbocycles. The summed E-state index contributed by atoms with van der Waals surface area (Å²) < 4.78 is 9.69. The van der Waals surface area contributed by atoms with Crippen molar-refractivity contribution in [2.24, 2.45) is 0 Å². The van der Waals surface area contributed by atoms with E-state index in [4.69, 9.17) is 14.6 Å². The van der Waals surface area contributed by atoms with Crippen molar-refractivity contribution in [1.82, 2.24) is 5.32 Å². The van der Waals surface area contributed by atoms with Crippen molar-refractivity contribution >= 4 is 12.1 Å². The average Bonchev–Trinajstić information content (AvgIpc) is 2.08. The van der Waals surface area contributed by atoms with Crippen molar-refractivity contribution in [1.29, 1.82) is 0 Å². The lowest BCUT2D eigenvalue weighted by atomic mass is 10.2. The summed E-state index contributed by atoms with van der Waals surface area (Å²) in [4.78, 5) is 22.1. The fraction of sp³-hybridized carbons (Fsp3) is 0.800. The number of nitrogens with one attached hydrogen (secondary N) is 1. The molecule has 0 rings (SSSR count). The molecular weight excluding hydrogens is 214 g/mol. The van der Waals surface area contributed by atoms with E-state index in [1.807, 2.05) is 0 Å². The lowest BCUT2D eigenvalue weighted by molar-refractivity contribution is -0.140. The zero-order chi connectivity index (χ0) is 12.8. The van der Waals surface area contributed by atoms with Crippen LogP contribution in [0, 0.1) is 0 Å². The molecule has 6 nitrogen and oxygen atoms in total. The summed E-state index contributed by atoms with van der Waals surface area (Å²) in [5.41, 5.74) is -0.644. The molecule has 0 bridgehead atoms. The summed E-state index contributed by atoms with van der Waals surface area (Å²) in [5, 5.41) is 11.1. The van der Waals surface area contributed by atoms with Gasteiger partial charge in [-0.2, -0.15) is 0 Å². The van der Waals surface area contributed by atoms with Crippen LogP contribution in [0.4, 0.5) is 4.79 Å². The lowest BCUT2D eigenvalue weighted by Gasteiger charge is -2.21. The van der Waals surface area contributed by atoms with Gasteiger partial charge in [0.05, 0.1) is 0 Å². The average molecular weight is 233 g/mol. The number of alkyl carbamates (subject to hydrolysis) is 1. The van der Waals surface area contributed by atoms with Gasteiger partial charge in [0.25, 0.3) is 0 Å². The summed E-state index contributed by atoms with van der Waals surface area (Å²) in [5.74, 6) is -1.11. The zero-order valence-corrected chi connectivity index (χ0v) is 10.1. The van der Waals surface area contributed by atoms with Gasteiger partial charge in [-0.3, -0.25) is 0 Å². The number of hydrogen-bond acceptors (Lipinski definition) is 4. The molecule has 16 heavy (non-hydrogen) atoms. The molecule has 0 aromatic heterocycles. The molecule has 0 radical (unpaired) electrons. The van der Waals surface area contributed by atoms with Gasteiger partial charge in [0.1, 0.15) is 11.6 Å². The van der Waals surface area contributed by atoms with E-state index in [1.165, 1.54) is 7.11 Å². The lowest BCUT2D eigenvalue weighted by Crippen LogP contribution is -2.44. The third-order valence-electron chi connectivity index (χ3n) is 1.60. The van der Waals surface area contributed by atoms with E-state index in [-0.39, 0.29) is 13.0 Å². The smallest absolute Gasteiger partial charge is 0.408 e. The Morgan fingerprint density at radius 2 is 1.94 bits per heavy atom. The molecule has 0 aromatic rings. The normalized spacial score (nSPS) is 13.0. The third kappa shape index (κ3) is 7.05. The fourth-order valence-corrected chi connectivity index (χ4v) is 0.943. The number of carbonyl (C=O) groups is 2. The summed E-state index contributed by atoms with van der Waals surface area (Å²) in [6.07, 6.45) is -0.540. The predicted molar refractivity (Wildman–Crippen MR) is 57.3 cm³/mol. The van der Waals surface area contributed by atoms with Crippen molar-refractivity contribution in [3.05, 3.63) is 0 Å². The van der Waals surface area contributed by atoms with E-state index < -0.39 is 23.7 Å². The number of ether oxygens (including phenoxy) is 2. The standard InChI is InChI=1S/C10H19NO5/c1-10(2,3)16-9(14)11-7(8(12)13)5-6-15-4/h7H,5-6H2,1-4H3,(H,11,14)(H,12,13). The number of rotatable bonds is 5. The third-order valence-corrected chi connectivity index (χ3v) is 1.60. The van der Waals surface area contributed by atoms with Gasteiger partial charge in [-0.05, 0) is 20.8 Å². The van der Waals surface area contributed by atoms with Crippen molar-refractivity contribution < 1.29 is 24.2 Å². The summed E-state index contributed by atoms with van der Waals surface area (Å²) in [7, 11) is 1.46. The fourth-order valence-electron chi connectivity index (χ4n) is 0.943. The molecular formula is C10H19NO5. The van der Waals surface area contributed by atoms with Crippen LogP contribution >= 0.6 is 0 Å². The second-order valence-electron chi connectivity index (χ2n) is 4.32. The summed E-state index contributed by atoms with van der Waals surface area (Å²) >= 11 is 0. The first-order chi connectivity index (χ1) is 7.26. The maximum absolute atomic E-state index is 11.3. The quantitative estimate of drug-likeness (QED) is 0.740. The molecule has 0 saturated carbocycles. The Labute approximate surface area is 94.9 Å². The Morgan fingerprint density at radius 3 is 2.31 bits per heavy atom. The van der Waals surface area contributed by atoms with Crippen molar-refractivity contribution in [3.63, 3.8) is 0 Å². The number of carbonyl (C=O) groups excluding carboxylic acids is 1. The molecule has 6 heteroatoms. The molecule has 1 amide bonds. The Bertz CT molecular complexity index is 246. The maximum atomic E-state index is 11.3. The van der Waals surface area contributed by atoms with Crippen LogP contribution in [0.5, 0.6) is 0 Å². The number of amides is 1. The monoisotopic (exact) mass is 233 g/mol. The van der Waals surface area contributed by atoms with Crippen LogP contribution in [0.2, 0.25) is 0 Å². The highest BCUT2D eigenvalue weighted by atomic mass is 16.6. The number of methoxy groups -OCH3 is 1. The van der Waals surface area contributed by atoms with Gasteiger partial charge in [-0.1, -0.05) is 0 Å². The van der Waals surface area contributed by atoms with Gasteiger partial charge in [0.2, 0.25) is 0 Å². The minimum absolute atomic E-state index is 0.199. The highest BCUT2D eigenvalue weighted by molar-refractivity contribution is 5.79. The van der Waals surface area contributed by atoms with Crippen molar-refractivity contribution in [2.75, 3.05) is 13.7 Å². The minimum Gasteiger partial charge on any atom is -0.480 e. The summed E-state index contributed by atoms with van der Waals surface area (Å²) in [6.45, 7) is 5.37. The first-order valence-corrected chi connectivity index (χ1v) is 4.97. The largest absolute Gasteiger partial charge is 0.480 e. The van der Waals surface area contributed by atoms with Crippen LogP contribution in [0.15, 0.2) is 0 Å². The van der Waals surface area contributed by atoms with Crippen LogP contribution in [0.3, 0.4) is 0 Å². The SMILES string of the molecule is COCCC(NC(=O)OC(C)(C)C)C(=O)O. The first-order valence-electron chi connectivity index (χ1n) is 4.97. The molecule has 0 heterocycles. The first kappa shape index (κ1) is 14.7. The number of aliphatic carboxylic acids is 1. The molecule has 0 spiro atoms. The Balaban J connectivity index is 4.19. The van der Waals surface area contributed by atoms with Gasteiger partial charge in [0.15, 0.2) is 0 Å². The zero-order valence-electron chi connectivity index (χ0n) is 10.1. The van der Waals surface area contributed by atoms with E-state index in [0.717, 1.165) is 0 Å². The molecule has 94 valence electrons. The number of hydrogen-bond donors (Lipinski definition) is 2. The molecule has 0 aliphatic rings. The number of carboxylic acids is 1. The van der Waals surface area contributed by atoms with Crippen LogP contribution in [0.25, 0.3) is 0 Å². The Kier molecular flexibility index (Phi) is 5.81. The molecule has 0 saturated heterocycles. The van der Waals surface area contributed by atoms with Crippen LogP contribution in [-0.2, 0) is 14.3 Å². The van der Waals surface area contributed by atoms with E-state index in [0.29, 0.717) is 0 Å². The molecule has 0 aliphatic heterocycles. The second kappa shape index (κ2) is 6.32. The van der Waals surface area contributed by atoms with E-state index in [1.54, 1.807) is 20.8 Å². The van der Waals surface area contributed by atoms with E-state index in [9.17, 15) is 9.59 Å². The van der Waals surface area contributed by atoms with Gasteiger partial charge in [0, 0.05) is 20.1 Å². The van der Waals surface area contributed by atoms with Gasteiger partial charge >= 0.3 is 12.1 Å². The van der Waals surface area contributed by atoms with Crippen LogP contribution < -0.4 is 5.32 Å². The molecule has 0 fully saturated rings. The molecule has 2 N–H and O–H groups in total. The topological polar surface area (TPSA) is 84.9 Å². The molecule has 0 aliphatic carbocycles. The second-order valence-corrected chi connectivity index (χ2v) is 4.32. The van der Waals surface area contributed by atoms with Crippen LogP contribution in [-0.4, -0.2) is 42.5 Å².